The van der Waals surface area contributed by atoms with Gasteiger partial charge in [0.15, 0.2) is 0 Å². The highest BCUT2D eigenvalue weighted by atomic mass is 35.5. The molecular weight excluding hydrogens is 551 g/mol. The Hall–Kier alpha value is -3.47. The Balaban J connectivity index is 0.000000292. The van der Waals surface area contributed by atoms with Crippen LogP contribution in [0.3, 0.4) is 0 Å². The van der Waals surface area contributed by atoms with E-state index in [0.717, 1.165) is 22.3 Å². The molecule has 0 saturated carbocycles. The number of aryl methyl sites for hydroxylation is 1. The average Bonchev–Trinajstić information content (AvgIpc) is 2.87. The van der Waals surface area contributed by atoms with Crippen LogP contribution in [0.15, 0.2) is 72.8 Å². The molecule has 0 aromatic heterocycles. The topological polar surface area (TPSA) is 140 Å². The molecule has 0 saturated heterocycles. The molecule has 3 aromatic rings. The quantitative estimate of drug-likeness (QED) is 0.254. The number of carboxylic acid groups (broad SMARTS) is 3. The van der Waals surface area contributed by atoms with E-state index in [1.807, 2.05) is 49.4 Å². The fourth-order valence-corrected chi connectivity index (χ4v) is 3.17. The highest BCUT2D eigenvalue weighted by molar-refractivity contribution is 6.31. The van der Waals surface area contributed by atoms with Crippen molar-refractivity contribution in [3.63, 3.8) is 0 Å². The van der Waals surface area contributed by atoms with Crippen LogP contribution >= 0.6 is 23.2 Å². The number of halogens is 2. The highest BCUT2D eigenvalue weighted by Crippen LogP contribution is 2.15. The monoisotopic (exact) mass is 580 g/mol. The number of aliphatic carboxylic acids is 3. The number of carbonyl (C=O) groups is 3. The van der Waals surface area contributed by atoms with Crippen LogP contribution in [-0.4, -0.2) is 53.0 Å². The fraction of sp³-hybridized carbons (Fsp3) is 0.250. The van der Waals surface area contributed by atoms with Gasteiger partial charge in [0.25, 0.3) is 0 Å². The molecular formula is C28H30Cl2O9. The lowest BCUT2D eigenvalue weighted by Crippen LogP contribution is -2.07. The third-order valence-corrected chi connectivity index (χ3v) is 5.17. The van der Waals surface area contributed by atoms with Crippen molar-refractivity contribution in [3.05, 3.63) is 105 Å². The van der Waals surface area contributed by atoms with Crippen molar-refractivity contribution in [3.8, 4) is 0 Å². The first-order chi connectivity index (χ1) is 18.6. The molecule has 0 heterocycles. The first-order valence-corrected chi connectivity index (χ1v) is 12.2. The van der Waals surface area contributed by atoms with Crippen LogP contribution in [0.1, 0.15) is 22.3 Å². The van der Waals surface area contributed by atoms with Gasteiger partial charge in [0.2, 0.25) is 0 Å². The summed E-state index contributed by atoms with van der Waals surface area (Å²) in [7, 11) is 0. The predicted molar refractivity (Wildman–Crippen MR) is 146 cm³/mol. The fourth-order valence-electron chi connectivity index (χ4n) is 2.77. The molecule has 0 fully saturated rings. The van der Waals surface area contributed by atoms with E-state index in [0.29, 0.717) is 16.7 Å². The predicted octanol–water partition coefficient (Wildman–Crippen LogP) is 5.48. The van der Waals surface area contributed by atoms with Crippen molar-refractivity contribution in [1.29, 1.82) is 0 Å². The molecule has 11 heteroatoms. The van der Waals surface area contributed by atoms with Crippen LogP contribution in [0.5, 0.6) is 0 Å². The van der Waals surface area contributed by atoms with Crippen LogP contribution in [0, 0.1) is 6.92 Å². The highest BCUT2D eigenvalue weighted by Gasteiger charge is 2.01. The maximum atomic E-state index is 10.1. The maximum absolute atomic E-state index is 10.1. The first kappa shape index (κ1) is 33.6. The molecule has 3 N–H and O–H groups in total. The minimum atomic E-state index is -0.980. The Morgan fingerprint density at radius 2 is 1.13 bits per heavy atom. The van der Waals surface area contributed by atoms with Crippen molar-refractivity contribution >= 4 is 41.1 Å². The summed E-state index contributed by atoms with van der Waals surface area (Å²) in [4.78, 5) is 30.4. The standard InChI is InChI=1S/C10H12O3.2C9H9ClO3/c1-8-4-2-3-5-9(8)6-13-7-10(11)12;10-8-3-1-2-7(4-8)5-13-6-9(11)12;10-8-4-2-1-3-7(8)5-13-6-9(11)12/h2-5H,6-7H2,1H3,(H,11,12);2*1-4H,5-6H2,(H,11,12). The van der Waals surface area contributed by atoms with Crippen LogP contribution in [0.2, 0.25) is 10.0 Å². The van der Waals surface area contributed by atoms with Gasteiger partial charge >= 0.3 is 17.9 Å². The number of rotatable bonds is 12. The maximum Gasteiger partial charge on any atom is 0.329 e. The normalized spacial score (nSPS) is 9.92. The Kier molecular flexibility index (Phi) is 16.8. The summed E-state index contributed by atoms with van der Waals surface area (Å²) in [5.41, 5.74) is 3.82. The molecule has 0 aliphatic heterocycles. The molecule has 9 nitrogen and oxygen atoms in total. The van der Waals surface area contributed by atoms with Gasteiger partial charge in [0.1, 0.15) is 19.8 Å². The lowest BCUT2D eigenvalue weighted by Gasteiger charge is -2.04. The second kappa shape index (κ2) is 19.6. The molecule has 210 valence electrons. The van der Waals surface area contributed by atoms with E-state index in [9.17, 15) is 14.4 Å². The van der Waals surface area contributed by atoms with Crippen LogP contribution in [0.25, 0.3) is 0 Å². The number of carboxylic acids is 3. The zero-order chi connectivity index (χ0) is 29.0. The molecule has 0 atom stereocenters. The van der Waals surface area contributed by atoms with Crippen molar-refractivity contribution < 1.29 is 43.9 Å². The summed E-state index contributed by atoms with van der Waals surface area (Å²) in [6.45, 7) is 2.00. The van der Waals surface area contributed by atoms with Gasteiger partial charge in [-0.15, -0.1) is 0 Å². The van der Waals surface area contributed by atoms with Gasteiger partial charge in [0.05, 0.1) is 19.8 Å². The molecule has 0 spiro atoms. The third kappa shape index (κ3) is 16.9. The first-order valence-electron chi connectivity index (χ1n) is 11.5. The van der Waals surface area contributed by atoms with Crippen molar-refractivity contribution in [2.75, 3.05) is 19.8 Å². The molecule has 0 aliphatic rings. The molecule has 3 aromatic carbocycles. The Bertz CT molecular complexity index is 1120. The van der Waals surface area contributed by atoms with Gasteiger partial charge in [0, 0.05) is 10.0 Å². The SMILES string of the molecule is Cc1ccccc1COCC(=O)O.O=C(O)COCc1cccc(Cl)c1.O=C(O)COCc1ccccc1Cl. The molecule has 0 amide bonds. The minimum Gasteiger partial charge on any atom is -0.480 e. The van der Waals surface area contributed by atoms with E-state index in [-0.39, 0.29) is 33.0 Å². The van der Waals surface area contributed by atoms with Gasteiger partial charge < -0.3 is 29.5 Å². The Morgan fingerprint density at radius 1 is 0.641 bits per heavy atom. The largest absolute Gasteiger partial charge is 0.480 e. The van der Waals surface area contributed by atoms with E-state index in [4.69, 9.17) is 52.7 Å². The lowest BCUT2D eigenvalue weighted by molar-refractivity contribution is -0.143. The van der Waals surface area contributed by atoms with Crippen molar-refractivity contribution in [2.45, 2.75) is 26.7 Å². The smallest absolute Gasteiger partial charge is 0.329 e. The summed E-state index contributed by atoms with van der Waals surface area (Å²) in [5.74, 6) is -2.89. The Labute approximate surface area is 236 Å². The summed E-state index contributed by atoms with van der Waals surface area (Å²) in [6.07, 6.45) is 0. The molecule has 0 radical (unpaired) electrons. The van der Waals surface area contributed by atoms with Gasteiger partial charge in [-0.2, -0.15) is 0 Å². The molecule has 0 unspecified atom stereocenters. The molecule has 0 bridgehead atoms. The Morgan fingerprint density at radius 3 is 1.64 bits per heavy atom. The van der Waals surface area contributed by atoms with E-state index in [1.54, 1.807) is 30.3 Å². The van der Waals surface area contributed by atoms with Crippen LogP contribution < -0.4 is 0 Å². The van der Waals surface area contributed by atoms with Gasteiger partial charge in [-0.05, 0) is 47.4 Å². The second-order valence-corrected chi connectivity index (χ2v) is 8.65. The van der Waals surface area contributed by atoms with Gasteiger partial charge in [-0.1, -0.05) is 77.8 Å². The molecule has 3 rings (SSSR count). The number of ether oxygens (including phenoxy) is 3. The van der Waals surface area contributed by atoms with Gasteiger partial charge in [-0.25, -0.2) is 14.4 Å². The average molecular weight is 581 g/mol. The van der Waals surface area contributed by atoms with Crippen LogP contribution in [0.4, 0.5) is 0 Å². The second-order valence-electron chi connectivity index (χ2n) is 7.81. The number of hydrogen-bond acceptors (Lipinski definition) is 6. The van der Waals surface area contributed by atoms with Crippen molar-refractivity contribution in [1.82, 2.24) is 0 Å². The van der Waals surface area contributed by atoms with E-state index < -0.39 is 17.9 Å². The zero-order valence-corrected chi connectivity index (χ0v) is 22.7. The summed E-state index contributed by atoms with van der Waals surface area (Å²) < 4.78 is 14.7. The lowest BCUT2D eigenvalue weighted by atomic mass is 10.1. The van der Waals surface area contributed by atoms with Crippen LogP contribution in [-0.2, 0) is 48.4 Å². The van der Waals surface area contributed by atoms with Gasteiger partial charge in [-0.3, -0.25) is 0 Å². The van der Waals surface area contributed by atoms with E-state index >= 15 is 0 Å². The summed E-state index contributed by atoms with van der Waals surface area (Å²) >= 11 is 11.5. The molecule has 0 aliphatic carbocycles. The number of benzene rings is 3. The summed E-state index contributed by atoms with van der Waals surface area (Å²) in [6, 6.07) is 22.0. The van der Waals surface area contributed by atoms with E-state index in [1.165, 1.54) is 0 Å². The summed E-state index contributed by atoms with van der Waals surface area (Å²) in [5, 5.41) is 26.1. The third-order valence-electron chi connectivity index (χ3n) is 4.57. The minimum absolute atomic E-state index is 0.228. The number of hydrogen-bond donors (Lipinski definition) is 3. The zero-order valence-electron chi connectivity index (χ0n) is 21.2. The van der Waals surface area contributed by atoms with Crippen molar-refractivity contribution in [2.24, 2.45) is 0 Å². The molecule has 39 heavy (non-hydrogen) atoms. The van der Waals surface area contributed by atoms with E-state index in [2.05, 4.69) is 0 Å².